The minimum Gasteiger partial charge on any atom is -0.0616 e. The Balaban J connectivity index is 2.28. The van der Waals surface area contributed by atoms with Crippen LogP contribution < -0.4 is 0 Å². The lowest BCUT2D eigenvalue weighted by Crippen LogP contribution is -1.88. The van der Waals surface area contributed by atoms with Gasteiger partial charge in [-0.2, -0.15) is 0 Å². The van der Waals surface area contributed by atoms with Crippen LogP contribution in [0.15, 0.2) is 84.6 Å². The van der Waals surface area contributed by atoms with Crippen molar-refractivity contribution < 1.29 is 19.2 Å². The number of benzene rings is 6. The fraction of sp³-hybridized carbons (Fsp3) is 0. The van der Waals surface area contributed by atoms with Crippen molar-refractivity contribution in [1.29, 1.82) is 0 Å². The minimum absolute atomic E-state index is 0.0157. The summed E-state index contributed by atoms with van der Waals surface area (Å²) in [5.41, 5.74) is 0. The molecule has 0 unspecified atom stereocenters. The minimum atomic E-state index is -0.625. The quantitative estimate of drug-likeness (QED) is 0.211. The Hall–Kier alpha value is -3.12. The van der Waals surface area contributed by atoms with Crippen LogP contribution in [0.5, 0.6) is 0 Å². The molecule has 6 aromatic rings. The van der Waals surface area contributed by atoms with Crippen LogP contribution in [-0.2, 0) is 0 Å². The van der Waals surface area contributed by atoms with Gasteiger partial charge in [0.2, 0.25) is 0 Å². The van der Waals surface area contributed by atoms with Crippen LogP contribution in [0.1, 0.15) is 19.2 Å². The van der Waals surface area contributed by atoms with Crippen LogP contribution >= 0.6 is 0 Å². The summed E-state index contributed by atoms with van der Waals surface area (Å²) in [4.78, 5) is 0. The van der Waals surface area contributed by atoms with E-state index in [1.54, 1.807) is 0 Å². The maximum Gasteiger partial charge on any atom is 0.0629 e. The predicted octanol–water partition coefficient (Wildman–Crippen LogP) is 6.89. The first kappa shape index (κ1) is 5.19. The molecule has 0 fully saturated rings. The van der Waals surface area contributed by atoms with Gasteiger partial charge in [-0.25, -0.2) is 0 Å². The van der Waals surface area contributed by atoms with Gasteiger partial charge in [0.05, 0.1) is 19.2 Å². The molecule has 0 nitrogen and oxygen atoms in total. The van der Waals surface area contributed by atoms with Crippen LogP contribution in [0.4, 0.5) is 0 Å². The molecule has 0 aromatic heterocycles. The van der Waals surface area contributed by atoms with Crippen molar-refractivity contribution in [3.63, 3.8) is 0 Å². The second-order valence-corrected chi connectivity index (χ2v) is 5.50. The zero-order valence-electron chi connectivity index (χ0n) is 26.0. The molecule has 6 aromatic carbocycles. The number of rotatable bonds is 0. The van der Waals surface area contributed by atoms with E-state index in [0.29, 0.717) is 0 Å². The zero-order chi connectivity index (χ0) is 27.9. The average molecular weight is 316 g/mol. The van der Waals surface area contributed by atoms with Gasteiger partial charge in [0, 0.05) is 0 Å². The first-order valence-electron chi connectivity index (χ1n) is 14.2. The Morgan fingerprint density at radius 2 is 0.583 bits per heavy atom. The summed E-state index contributed by atoms with van der Waals surface area (Å²) in [7, 11) is 0. The first-order valence-corrected chi connectivity index (χ1v) is 7.25. The third-order valence-corrected chi connectivity index (χ3v) is 4.38. The SMILES string of the molecule is [2H]c1c([2H])c([2H])c2c(c1[2H])c1c([2H])c([2H])c([2H])c3c4c([2H])c([2H])c([2H])c([2H])c4c4c([2H])c([2H])c([2H])c2c4c13. The summed E-state index contributed by atoms with van der Waals surface area (Å²) in [6.45, 7) is 0. The van der Waals surface area contributed by atoms with Gasteiger partial charge in [0.25, 0.3) is 0 Å². The molecule has 0 amide bonds. The van der Waals surface area contributed by atoms with Crippen molar-refractivity contribution in [2.24, 2.45) is 0 Å². The fourth-order valence-electron chi connectivity index (χ4n) is 3.44. The average Bonchev–Trinajstić information content (AvgIpc) is 2.90. The van der Waals surface area contributed by atoms with Gasteiger partial charge in [-0.05, 0) is 53.9 Å². The van der Waals surface area contributed by atoms with E-state index < -0.39 is 84.6 Å². The third kappa shape index (κ3) is 1.35. The van der Waals surface area contributed by atoms with Crippen molar-refractivity contribution >= 4 is 53.9 Å². The topological polar surface area (TPSA) is 0 Å². The monoisotopic (exact) mass is 316 g/mol. The lowest BCUT2D eigenvalue weighted by molar-refractivity contribution is 1.78. The second kappa shape index (κ2) is 4.24. The first-order chi connectivity index (χ1) is 17.7. The smallest absolute Gasteiger partial charge is 0.0616 e. The van der Waals surface area contributed by atoms with Crippen LogP contribution in [0.2, 0.25) is 0 Å². The van der Waals surface area contributed by atoms with E-state index in [-0.39, 0.29) is 53.9 Å². The summed E-state index contributed by atoms with van der Waals surface area (Å²) in [6, 6.07) is -8.07. The largest absolute Gasteiger partial charge is 0.0629 e. The van der Waals surface area contributed by atoms with Crippen molar-refractivity contribution in [3.05, 3.63) is 84.6 Å². The Morgan fingerprint density at radius 3 is 0.875 bits per heavy atom. The van der Waals surface area contributed by atoms with E-state index in [0.717, 1.165) is 0 Å². The molecule has 0 atom stereocenters. The van der Waals surface area contributed by atoms with Crippen molar-refractivity contribution in [2.45, 2.75) is 0 Å². The maximum atomic E-state index is 8.73. The molecule has 0 radical (unpaired) electrons. The Bertz CT molecular complexity index is 1820. The summed E-state index contributed by atoms with van der Waals surface area (Å²) in [5, 5.41) is -1.40. The molecule has 6 rings (SSSR count). The molecule has 0 aliphatic heterocycles. The summed E-state index contributed by atoms with van der Waals surface area (Å²) < 4.78 is 119. The van der Waals surface area contributed by atoms with Gasteiger partial charge >= 0.3 is 0 Å². The lowest BCUT2D eigenvalue weighted by Gasteiger charge is -2.17. The Labute approximate surface area is 158 Å². The fourth-order valence-corrected chi connectivity index (χ4v) is 3.44. The standard InChI is InChI=1S/C24H14/c1-2-8-16-15(7-1)19-11-5-13-21-17-9-3-4-10-18(17)22-14-6-12-20(16)24(22)23(19)21/h1-14H/i1D,2D,3D,4D,5D,6D,7D,8D,9D,10D,11D,12D,13D,14D. The Morgan fingerprint density at radius 1 is 0.333 bits per heavy atom. The van der Waals surface area contributed by atoms with Gasteiger partial charge in [-0.15, -0.1) is 0 Å². The molecule has 0 saturated carbocycles. The highest BCUT2D eigenvalue weighted by Gasteiger charge is 2.15. The maximum absolute atomic E-state index is 8.73. The third-order valence-electron chi connectivity index (χ3n) is 4.38. The second-order valence-electron chi connectivity index (χ2n) is 5.50. The van der Waals surface area contributed by atoms with E-state index in [4.69, 9.17) is 19.2 Å². The van der Waals surface area contributed by atoms with Crippen LogP contribution in [0.3, 0.4) is 0 Å². The normalized spacial score (nSPS) is 20.3. The highest BCUT2D eigenvalue weighted by Crippen LogP contribution is 2.44. The van der Waals surface area contributed by atoms with Gasteiger partial charge in [-0.3, -0.25) is 0 Å². The van der Waals surface area contributed by atoms with E-state index >= 15 is 0 Å². The molecule has 0 heteroatoms. The lowest BCUT2D eigenvalue weighted by atomic mass is 9.86. The van der Waals surface area contributed by atoms with E-state index in [1.165, 1.54) is 0 Å². The molecule has 0 spiro atoms. The summed E-state index contributed by atoms with van der Waals surface area (Å²) in [5.74, 6) is 0. The van der Waals surface area contributed by atoms with E-state index in [2.05, 4.69) is 0 Å². The predicted molar refractivity (Wildman–Crippen MR) is 105 cm³/mol. The molecule has 0 bridgehead atoms. The molecular formula is C24H14. The number of fused-ring (bicyclic) bond motifs is 6. The van der Waals surface area contributed by atoms with E-state index in [9.17, 15) is 0 Å². The highest BCUT2D eigenvalue weighted by atomic mass is 14.2. The summed E-state index contributed by atoms with van der Waals surface area (Å²) in [6.07, 6.45) is 0. The van der Waals surface area contributed by atoms with E-state index in [1.807, 2.05) is 0 Å². The summed E-state index contributed by atoms with van der Waals surface area (Å²) >= 11 is 0. The van der Waals surface area contributed by atoms with Crippen LogP contribution in [0.25, 0.3) is 53.9 Å². The molecular weight excluding hydrogens is 288 g/mol. The molecule has 0 N–H and O–H groups in total. The Kier molecular flexibility index (Phi) is 0.917. The zero-order valence-corrected chi connectivity index (χ0v) is 12.0. The van der Waals surface area contributed by atoms with Crippen LogP contribution in [0, 0.1) is 0 Å². The van der Waals surface area contributed by atoms with Crippen molar-refractivity contribution in [3.8, 4) is 0 Å². The molecule has 0 aliphatic carbocycles. The molecule has 0 heterocycles. The molecule has 0 aliphatic rings. The van der Waals surface area contributed by atoms with Gasteiger partial charge in [0.15, 0.2) is 0 Å². The van der Waals surface area contributed by atoms with Gasteiger partial charge in [-0.1, -0.05) is 84.6 Å². The van der Waals surface area contributed by atoms with Gasteiger partial charge in [0.1, 0.15) is 0 Å². The number of hydrogen-bond donors (Lipinski definition) is 0. The highest BCUT2D eigenvalue weighted by molar-refractivity contribution is 6.39. The van der Waals surface area contributed by atoms with Crippen molar-refractivity contribution in [2.75, 3.05) is 0 Å². The molecule has 0 saturated heterocycles. The van der Waals surface area contributed by atoms with Crippen molar-refractivity contribution in [1.82, 2.24) is 0 Å². The molecule has 24 heavy (non-hydrogen) atoms. The van der Waals surface area contributed by atoms with Crippen LogP contribution in [-0.4, -0.2) is 0 Å². The van der Waals surface area contributed by atoms with Gasteiger partial charge < -0.3 is 0 Å². The molecule has 110 valence electrons. The number of hydrogen-bond acceptors (Lipinski definition) is 0.